The highest BCUT2D eigenvalue weighted by Gasteiger charge is 2.52. The van der Waals surface area contributed by atoms with Crippen molar-refractivity contribution < 1.29 is 51.3 Å². The molecule has 1 aromatic carbocycles. The van der Waals surface area contributed by atoms with Crippen molar-refractivity contribution in [3.05, 3.63) is 52.3 Å². The van der Waals surface area contributed by atoms with E-state index in [0.717, 1.165) is 51.0 Å². The Hall–Kier alpha value is -3.17. The van der Waals surface area contributed by atoms with Crippen molar-refractivity contribution in [3.63, 3.8) is 0 Å². The number of aliphatic hydroxyl groups excluding tert-OH is 1. The zero-order valence-electron chi connectivity index (χ0n) is 22.7. The van der Waals surface area contributed by atoms with Gasteiger partial charge in [-0.2, -0.15) is 31.4 Å². The van der Waals surface area contributed by atoms with Gasteiger partial charge in [0.2, 0.25) is 0 Å². The van der Waals surface area contributed by atoms with Gasteiger partial charge in [-0.25, -0.2) is 9.59 Å². The number of carbonyl (C=O) groups is 2. The molecule has 2 heterocycles. The van der Waals surface area contributed by atoms with Gasteiger partial charge in [0.25, 0.3) is 0 Å². The van der Waals surface area contributed by atoms with E-state index in [-0.39, 0.29) is 17.6 Å². The molecular weight excluding hydrogens is 562 g/mol. The van der Waals surface area contributed by atoms with Crippen LogP contribution in [0.25, 0.3) is 0 Å². The molecule has 1 aromatic heterocycles. The van der Waals surface area contributed by atoms with Crippen LogP contribution in [0.15, 0.2) is 24.3 Å². The van der Waals surface area contributed by atoms with Crippen molar-refractivity contribution in [2.24, 2.45) is 0 Å². The summed E-state index contributed by atoms with van der Waals surface area (Å²) in [6, 6.07) is 8.80. The molecule has 9 nitrogen and oxygen atoms in total. The summed E-state index contributed by atoms with van der Waals surface area (Å²) in [6.07, 6.45) is -6.37. The summed E-state index contributed by atoms with van der Waals surface area (Å²) in [5.74, 6) is -5.51. The van der Waals surface area contributed by atoms with Gasteiger partial charge in [-0.3, -0.25) is 10.00 Å². The zero-order chi connectivity index (χ0) is 31.2. The molecular formula is C26H34F6N4O5. The summed E-state index contributed by atoms with van der Waals surface area (Å²) in [6.45, 7) is 7.10. The summed E-state index contributed by atoms with van der Waals surface area (Å²) in [5, 5.41) is 36.5. The fourth-order valence-electron chi connectivity index (χ4n) is 5.34. The van der Waals surface area contributed by atoms with E-state index in [2.05, 4.69) is 65.6 Å². The number of alkyl halides is 6. The summed E-state index contributed by atoms with van der Waals surface area (Å²) in [4.78, 5) is 20.2. The van der Waals surface area contributed by atoms with E-state index in [9.17, 15) is 31.4 Å². The van der Waals surface area contributed by atoms with Crippen molar-refractivity contribution in [1.29, 1.82) is 0 Å². The van der Waals surface area contributed by atoms with Gasteiger partial charge in [-0.05, 0) is 82.9 Å². The summed E-state index contributed by atoms with van der Waals surface area (Å²) in [7, 11) is 2.17. The lowest BCUT2D eigenvalue weighted by Crippen LogP contribution is -2.48. The van der Waals surface area contributed by atoms with Crippen LogP contribution < -0.4 is 5.32 Å². The number of rotatable bonds is 5. The number of aromatic amines is 1. The number of nitrogens with zero attached hydrogens (tertiary/aromatic N) is 2. The number of nitrogens with one attached hydrogen (secondary N) is 2. The normalized spacial score (nSPS) is 19.6. The Bertz CT molecular complexity index is 1130. The second-order valence-electron chi connectivity index (χ2n) is 9.99. The van der Waals surface area contributed by atoms with Crippen LogP contribution in [0.5, 0.6) is 0 Å². The maximum atomic E-state index is 11.4. The third kappa shape index (κ3) is 8.42. The second-order valence-corrected chi connectivity index (χ2v) is 9.99. The third-order valence-corrected chi connectivity index (χ3v) is 7.36. The van der Waals surface area contributed by atoms with Crippen LogP contribution in [-0.4, -0.2) is 87.5 Å². The number of fused-ring (bicyclic) bond motifs is 2. The number of aromatic nitrogens is 2. The fourth-order valence-corrected chi connectivity index (χ4v) is 5.34. The smallest absolute Gasteiger partial charge is 0.475 e. The van der Waals surface area contributed by atoms with E-state index >= 15 is 0 Å². The molecule has 230 valence electrons. The van der Waals surface area contributed by atoms with Crippen LogP contribution in [0.3, 0.4) is 0 Å². The van der Waals surface area contributed by atoms with Gasteiger partial charge in [0.1, 0.15) is 0 Å². The molecule has 4 rings (SSSR count). The number of aliphatic hydroxyl groups is 1. The lowest BCUT2D eigenvalue weighted by molar-refractivity contribution is -0.193. The first-order valence-electron chi connectivity index (χ1n) is 12.7. The number of aliphatic carboxylic acids is 2. The molecule has 2 atom stereocenters. The number of carboxylic acids is 2. The molecule has 0 bridgehead atoms. The molecule has 2 aromatic rings. The number of aryl methyl sites for hydroxylation is 2. The highest BCUT2D eigenvalue weighted by atomic mass is 19.4. The zero-order valence-corrected chi connectivity index (χ0v) is 22.7. The van der Waals surface area contributed by atoms with Crippen LogP contribution in [0.1, 0.15) is 53.4 Å². The number of hydrogen-bond donors (Lipinski definition) is 5. The molecule has 15 heteroatoms. The van der Waals surface area contributed by atoms with Gasteiger partial charge in [-0.1, -0.05) is 24.3 Å². The van der Waals surface area contributed by atoms with E-state index < -0.39 is 24.3 Å². The number of likely N-dealkylation sites (N-methyl/N-ethyl adjacent to an activating group) is 1. The van der Waals surface area contributed by atoms with E-state index in [1.807, 2.05) is 0 Å². The van der Waals surface area contributed by atoms with E-state index in [1.54, 1.807) is 0 Å². The molecule has 0 unspecified atom stereocenters. The molecule has 41 heavy (non-hydrogen) atoms. The van der Waals surface area contributed by atoms with Crippen molar-refractivity contribution in [2.75, 3.05) is 26.7 Å². The molecule has 1 saturated heterocycles. The summed E-state index contributed by atoms with van der Waals surface area (Å²) in [5.41, 5.74) is 6.23. The van der Waals surface area contributed by atoms with E-state index in [0.29, 0.717) is 0 Å². The number of benzene rings is 1. The SMILES string of the molecule is Cc1n[nH]c(C)c1CCCN(C)[C@@H]1c2ccccc2C2(CCNCC2)[C@H]1O.O=C(O)C(F)(F)F.O=C(O)C(F)(F)F. The van der Waals surface area contributed by atoms with Gasteiger partial charge >= 0.3 is 24.3 Å². The molecule has 0 saturated carbocycles. The lowest BCUT2D eigenvalue weighted by atomic mass is 9.72. The third-order valence-electron chi connectivity index (χ3n) is 7.36. The Morgan fingerprint density at radius 2 is 1.54 bits per heavy atom. The summed E-state index contributed by atoms with van der Waals surface area (Å²) < 4.78 is 63.5. The quantitative estimate of drug-likeness (QED) is 0.328. The Kier molecular flexibility index (Phi) is 11.3. The number of halogens is 6. The molecule has 1 spiro atoms. The van der Waals surface area contributed by atoms with Crippen LogP contribution in [-0.2, 0) is 21.4 Å². The largest absolute Gasteiger partial charge is 0.490 e. The van der Waals surface area contributed by atoms with Crippen LogP contribution >= 0.6 is 0 Å². The first kappa shape index (κ1) is 34.0. The first-order chi connectivity index (χ1) is 18.9. The number of H-pyrrole nitrogens is 1. The molecule has 1 fully saturated rings. The Labute approximate surface area is 232 Å². The minimum Gasteiger partial charge on any atom is -0.475 e. The predicted octanol–water partition coefficient (Wildman–Crippen LogP) is 3.89. The van der Waals surface area contributed by atoms with E-state index in [4.69, 9.17) is 19.8 Å². The molecule has 0 radical (unpaired) electrons. The van der Waals surface area contributed by atoms with Gasteiger partial charge < -0.3 is 20.6 Å². The average molecular weight is 597 g/mol. The van der Waals surface area contributed by atoms with Gasteiger partial charge in [0.15, 0.2) is 0 Å². The maximum absolute atomic E-state index is 11.4. The summed E-state index contributed by atoms with van der Waals surface area (Å²) >= 11 is 0. The number of piperidine rings is 1. The van der Waals surface area contributed by atoms with Crippen LogP contribution in [0.2, 0.25) is 0 Å². The van der Waals surface area contributed by atoms with Gasteiger partial charge in [-0.15, -0.1) is 0 Å². The monoisotopic (exact) mass is 596 g/mol. The number of hydrogen-bond acceptors (Lipinski definition) is 6. The Morgan fingerprint density at radius 1 is 1.02 bits per heavy atom. The average Bonchev–Trinajstić information content (AvgIpc) is 3.32. The molecule has 0 amide bonds. The van der Waals surface area contributed by atoms with Crippen molar-refractivity contribution in [3.8, 4) is 0 Å². The van der Waals surface area contributed by atoms with Crippen molar-refractivity contribution in [1.82, 2.24) is 20.4 Å². The fraction of sp³-hybridized carbons (Fsp3) is 0.577. The predicted molar refractivity (Wildman–Crippen MR) is 135 cm³/mol. The number of carboxylic acid groups (broad SMARTS) is 2. The highest BCUT2D eigenvalue weighted by Crippen LogP contribution is 2.51. The highest BCUT2D eigenvalue weighted by molar-refractivity contribution is 5.73. The standard InChI is InChI=1S/C22H32N4O.2C2HF3O2/c1-15-17(16(2)25-24-15)8-6-14-26(3)20-18-7-4-5-9-19(18)22(21(20)27)10-12-23-13-11-22;2*3-2(4,5)1(6)7/h4-5,7,9,20-21,23,27H,6,8,10-14H2,1-3H3,(H,24,25);2*(H,6,7)/t20-,21+;;/m1../s1. The van der Waals surface area contributed by atoms with Crippen LogP contribution in [0.4, 0.5) is 26.3 Å². The van der Waals surface area contributed by atoms with Crippen molar-refractivity contribution >= 4 is 11.9 Å². The minimum absolute atomic E-state index is 0.0848. The topological polar surface area (TPSA) is 139 Å². The van der Waals surface area contributed by atoms with E-state index in [1.165, 1.54) is 22.4 Å². The molecule has 1 aliphatic heterocycles. The Balaban J connectivity index is 0.000000349. The Morgan fingerprint density at radius 3 is 2.00 bits per heavy atom. The first-order valence-corrected chi connectivity index (χ1v) is 12.7. The maximum Gasteiger partial charge on any atom is 0.490 e. The molecule has 1 aliphatic carbocycles. The van der Waals surface area contributed by atoms with Crippen LogP contribution in [0, 0.1) is 13.8 Å². The van der Waals surface area contributed by atoms with Gasteiger partial charge in [0.05, 0.1) is 17.8 Å². The minimum atomic E-state index is -5.08. The molecule has 5 N–H and O–H groups in total. The second kappa shape index (κ2) is 13.7. The molecule has 2 aliphatic rings. The van der Waals surface area contributed by atoms with Gasteiger partial charge in [0, 0.05) is 11.1 Å². The lowest BCUT2D eigenvalue weighted by Gasteiger charge is -2.40. The van der Waals surface area contributed by atoms with Crippen molar-refractivity contribution in [2.45, 2.75) is 69.4 Å².